The second kappa shape index (κ2) is 6.49. The van der Waals surface area contributed by atoms with Crippen molar-refractivity contribution < 1.29 is 5.11 Å². The molecule has 3 nitrogen and oxygen atoms in total. The first kappa shape index (κ1) is 18.3. The molecule has 0 bridgehead atoms. The Bertz CT molecular complexity index is 496. The smallest absolute Gasteiger partial charge is 0.0543 e. The summed E-state index contributed by atoms with van der Waals surface area (Å²) in [6, 6.07) is 0.737. The zero-order valence-electron chi connectivity index (χ0n) is 16.7. The predicted octanol–water partition coefficient (Wildman–Crippen LogP) is 3.65. The summed E-state index contributed by atoms with van der Waals surface area (Å²) < 4.78 is 0. The number of hydrogen-bond acceptors (Lipinski definition) is 3. The fraction of sp³-hybridized carbons (Fsp3) is 1.00. The molecule has 0 unspecified atom stereocenters. The fourth-order valence-electron chi connectivity index (χ4n) is 8.29. The van der Waals surface area contributed by atoms with Gasteiger partial charge in [-0.05, 0) is 99.3 Å². The highest BCUT2D eigenvalue weighted by molar-refractivity contribution is 5.11. The van der Waals surface area contributed by atoms with Crippen LogP contribution in [0, 0.1) is 34.5 Å². The summed E-state index contributed by atoms with van der Waals surface area (Å²) >= 11 is 0. The van der Waals surface area contributed by atoms with Crippen LogP contribution in [-0.4, -0.2) is 42.3 Å². The molecule has 0 heterocycles. The summed E-state index contributed by atoms with van der Waals surface area (Å²) in [5, 5.41) is 10.2. The molecule has 0 aliphatic heterocycles. The molecule has 3 N–H and O–H groups in total. The molecule has 4 saturated carbocycles. The maximum absolute atomic E-state index is 10.2. The minimum atomic E-state index is -0.0238. The minimum absolute atomic E-state index is 0.0238. The number of rotatable bonds is 3. The highest BCUT2D eigenvalue weighted by atomic mass is 16.3. The number of aliphatic hydroxyl groups excluding tert-OH is 1. The third-order valence-electron chi connectivity index (χ3n) is 9.60. The van der Waals surface area contributed by atoms with Crippen molar-refractivity contribution in [1.29, 1.82) is 0 Å². The Morgan fingerprint density at radius 3 is 2.44 bits per heavy atom. The highest BCUT2D eigenvalue weighted by Crippen LogP contribution is 2.66. The Morgan fingerprint density at radius 2 is 1.68 bits per heavy atom. The van der Waals surface area contributed by atoms with Crippen LogP contribution in [0.2, 0.25) is 0 Å². The first-order valence-electron chi connectivity index (χ1n) is 11.0. The van der Waals surface area contributed by atoms with Gasteiger partial charge in [0, 0.05) is 19.1 Å². The average molecular weight is 349 g/mol. The predicted molar refractivity (Wildman–Crippen MR) is 103 cm³/mol. The lowest BCUT2D eigenvalue weighted by Crippen LogP contribution is -2.56. The van der Waals surface area contributed by atoms with E-state index >= 15 is 0 Å². The van der Waals surface area contributed by atoms with Gasteiger partial charge in [-0.1, -0.05) is 13.8 Å². The average Bonchev–Trinajstić information content (AvgIpc) is 2.93. The molecule has 0 radical (unpaired) electrons. The maximum atomic E-state index is 10.2. The van der Waals surface area contributed by atoms with Crippen LogP contribution < -0.4 is 5.73 Å². The van der Waals surface area contributed by atoms with Gasteiger partial charge in [0.1, 0.15) is 0 Å². The summed E-state index contributed by atoms with van der Waals surface area (Å²) in [4.78, 5) is 2.57. The van der Waals surface area contributed by atoms with E-state index in [1.165, 1.54) is 44.9 Å². The van der Waals surface area contributed by atoms with Crippen LogP contribution >= 0.6 is 0 Å². The lowest BCUT2D eigenvalue weighted by Gasteiger charge is -2.61. The largest absolute Gasteiger partial charge is 0.393 e. The maximum Gasteiger partial charge on any atom is 0.0543 e. The summed E-state index contributed by atoms with van der Waals surface area (Å²) in [7, 11) is 2.30. The van der Waals surface area contributed by atoms with Gasteiger partial charge in [-0.25, -0.2) is 0 Å². The van der Waals surface area contributed by atoms with Crippen LogP contribution in [0.15, 0.2) is 0 Å². The lowest BCUT2D eigenvalue weighted by molar-refractivity contribution is -0.128. The molecule has 4 rings (SSSR count). The molecule has 4 aliphatic rings. The second-order valence-electron chi connectivity index (χ2n) is 10.5. The van der Waals surface area contributed by atoms with Crippen molar-refractivity contribution in [3.05, 3.63) is 0 Å². The number of nitrogens with two attached hydrogens (primary N) is 1. The molecule has 4 aliphatic carbocycles. The Morgan fingerprint density at radius 1 is 0.960 bits per heavy atom. The van der Waals surface area contributed by atoms with Crippen LogP contribution in [0.3, 0.4) is 0 Å². The van der Waals surface area contributed by atoms with Crippen molar-refractivity contribution >= 4 is 0 Å². The zero-order chi connectivity index (χ0) is 17.8. The number of likely N-dealkylation sites (N-methyl/N-ethyl adjacent to an activating group) is 1. The molecule has 0 saturated heterocycles. The normalized spacial score (nSPS) is 52.6. The summed E-state index contributed by atoms with van der Waals surface area (Å²) in [6.07, 6.45) is 11.8. The van der Waals surface area contributed by atoms with E-state index in [4.69, 9.17) is 5.73 Å². The Labute approximate surface area is 154 Å². The molecule has 0 aromatic rings. The van der Waals surface area contributed by atoms with E-state index < -0.39 is 0 Å². The van der Waals surface area contributed by atoms with E-state index in [1.807, 2.05) is 0 Å². The van der Waals surface area contributed by atoms with Crippen molar-refractivity contribution in [1.82, 2.24) is 4.90 Å². The molecule has 4 fully saturated rings. The van der Waals surface area contributed by atoms with Gasteiger partial charge in [-0.2, -0.15) is 0 Å². The Kier molecular flexibility index (Phi) is 4.74. The van der Waals surface area contributed by atoms with Gasteiger partial charge >= 0.3 is 0 Å². The Balaban J connectivity index is 1.56. The third kappa shape index (κ3) is 2.72. The standard InChI is InChI=1S/C22H40N2O/c1-21-10-8-16(25)14-15(21)4-5-17-18-6-7-20(24(3)13-12-23)22(18,2)11-9-19(17)21/h15-20,25H,4-14,23H2,1-3H3/t15-,16-,17+,18+,19+,20+,21-,22-/m0/s1. The Hall–Kier alpha value is -0.120. The quantitative estimate of drug-likeness (QED) is 0.818. The van der Waals surface area contributed by atoms with Crippen molar-refractivity contribution in [2.45, 2.75) is 83.8 Å². The van der Waals surface area contributed by atoms with Crippen molar-refractivity contribution in [2.24, 2.45) is 40.2 Å². The van der Waals surface area contributed by atoms with E-state index in [0.29, 0.717) is 10.8 Å². The molecule has 144 valence electrons. The zero-order valence-corrected chi connectivity index (χ0v) is 16.7. The van der Waals surface area contributed by atoms with E-state index in [-0.39, 0.29) is 6.10 Å². The molecular weight excluding hydrogens is 308 g/mol. The molecule has 0 aromatic heterocycles. The molecule has 0 spiro atoms. The summed E-state index contributed by atoms with van der Waals surface area (Å²) in [5.41, 5.74) is 6.86. The van der Waals surface area contributed by atoms with Gasteiger partial charge in [0.25, 0.3) is 0 Å². The minimum Gasteiger partial charge on any atom is -0.393 e. The van der Waals surface area contributed by atoms with Crippen LogP contribution in [0.25, 0.3) is 0 Å². The van der Waals surface area contributed by atoms with Crippen LogP contribution in [0.5, 0.6) is 0 Å². The lowest BCUT2D eigenvalue weighted by atomic mass is 9.45. The summed E-state index contributed by atoms with van der Waals surface area (Å²) in [5.74, 6) is 3.54. The molecule has 0 aromatic carbocycles. The van der Waals surface area contributed by atoms with Crippen LogP contribution in [0.4, 0.5) is 0 Å². The van der Waals surface area contributed by atoms with Crippen molar-refractivity contribution in [3.8, 4) is 0 Å². The SMILES string of the molecule is CN(CCN)[C@@H]1CC[C@@H]2[C@H]3CC[C@H]4C[C@@H](O)CC[C@]4(C)[C@@H]3CC[C@@]21C. The van der Waals surface area contributed by atoms with Crippen molar-refractivity contribution in [2.75, 3.05) is 20.1 Å². The first-order chi connectivity index (χ1) is 11.9. The molecule has 3 heteroatoms. The van der Waals surface area contributed by atoms with Gasteiger partial charge in [0.2, 0.25) is 0 Å². The van der Waals surface area contributed by atoms with E-state index in [9.17, 15) is 5.11 Å². The van der Waals surface area contributed by atoms with Gasteiger partial charge in [0.15, 0.2) is 0 Å². The van der Waals surface area contributed by atoms with Crippen molar-refractivity contribution in [3.63, 3.8) is 0 Å². The van der Waals surface area contributed by atoms with Gasteiger partial charge in [-0.15, -0.1) is 0 Å². The topological polar surface area (TPSA) is 49.5 Å². The first-order valence-corrected chi connectivity index (χ1v) is 11.0. The van der Waals surface area contributed by atoms with Gasteiger partial charge in [-0.3, -0.25) is 0 Å². The molecular formula is C22H40N2O. The third-order valence-corrected chi connectivity index (χ3v) is 9.60. The van der Waals surface area contributed by atoms with E-state index in [0.717, 1.165) is 55.6 Å². The molecule has 0 amide bonds. The summed E-state index contributed by atoms with van der Waals surface area (Å²) in [6.45, 7) is 7.02. The van der Waals surface area contributed by atoms with Gasteiger partial charge in [0.05, 0.1) is 6.10 Å². The van der Waals surface area contributed by atoms with E-state index in [1.54, 1.807) is 0 Å². The number of fused-ring (bicyclic) bond motifs is 5. The van der Waals surface area contributed by atoms with Crippen LogP contribution in [-0.2, 0) is 0 Å². The number of hydrogen-bond donors (Lipinski definition) is 2. The van der Waals surface area contributed by atoms with Crippen LogP contribution in [0.1, 0.15) is 71.6 Å². The monoisotopic (exact) mass is 348 g/mol. The molecule has 8 atom stereocenters. The van der Waals surface area contributed by atoms with E-state index in [2.05, 4.69) is 25.8 Å². The fourth-order valence-corrected chi connectivity index (χ4v) is 8.29. The molecule has 25 heavy (non-hydrogen) atoms. The van der Waals surface area contributed by atoms with Gasteiger partial charge < -0.3 is 15.7 Å². The number of aliphatic hydroxyl groups is 1. The number of nitrogens with zero attached hydrogens (tertiary/aromatic N) is 1. The second-order valence-corrected chi connectivity index (χ2v) is 10.5. The highest BCUT2D eigenvalue weighted by Gasteiger charge is 2.60.